The van der Waals surface area contributed by atoms with E-state index in [2.05, 4.69) is 4.72 Å². The van der Waals surface area contributed by atoms with Gasteiger partial charge in [0, 0.05) is 29.9 Å². The van der Waals surface area contributed by atoms with E-state index in [1.807, 2.05) is 0 Å². The first kappa shape index (κ1) is 27.1. The molecule has 2 N–H and O–H groups in total. The summed E-state index contributed by atoms with van der Waals surface area (Å²) >= 11 is 7.10. The lowest BCUT2D eigenvalue weighted by Gasteiger charge is -2.35. The van der Waals surface area contributed by atoms with Crippen molar-refractivity contribution in [2.75, 3.05) is 32.8 Å². The third-order valence-corrected chi connectivity index (χ3v) is 9.20. The molecule has 0 aromatic carbocycles. The van der Waals surface area contributed by atoms with Crippen LogP contribution in [0.1, 0.15) is 43.4 Å². The highest BCUT2D eigenvalue weighted by Gasteiger charge is 2.41. The second-order valence-corrected chi connectivity index (χ2v) is 12.7. The minimum Gasteiger partial charge on any atom is -0.394 e. The van der Waals surface area contributed by atoms with E-state index < -0.39 is 28.0 Å². The van der Waals surface area contributed by atoms with E-state index in [1.54, 1.807) is 17.0 Å². The summed E-state index contributed by atoms with van der Waals surface area (Å²) in [5.41, 5.74) is 0. The molecule has 3 saturated heterocycles. The SMILES string of the molecule is O=C1C(NS(=O)(=O)/C=C/c2ccc(Cl)s2)CCCN1CC(=O)N1CCCC1C(=O)N1CCCC1CO. The first-order chi connectivity index (χ1) is 17.2. The van der Waals surface area contributed by atoms with Crippen LogP contribution in [0, 0.1) is 0 Å². The number of nitrogens with zero attached hydrogens (tertiary/aromatic N) is 3. The molecule has 1 aromatic heterocycles. The second-order valence-electron chi connectivity index (χ2n) is 9.32. The number of rotatable bonds is 8. The van der Waals surface area contributed by atoms with Crippen LogP contribution < -0.4 is 4.72 Å². The highest BCUT2D eigenvalue weighted by Crippen LogP contribution is 2.26. The van der Waals surface area contributed by atoms with Gasteiger partial charge < -0.3 is 19.8 Å². The fourth-order valence-electron chi connectivity index (χ4n) is 5.10. The monoisotopic (exact) mass is 558 g/mol. The number of nitrogens with one attached hydrogen (secondary N) is 1. The summed E-state index contributed by atoms with van der Waals surface area (Å²) in [6, 6.07) is 1.61. The van der Waals surface area contributed by atoms with Gasteiger partial charge in [0.15, 0.2) is 0 Å². The fourth-order valence-corrected chi connectivity index (χ4v) is 7.17. The molecule has 13 heteroatoms. The van der Waals surface area contributed by atoms with Crippen LogP contribution >= 0.6 is 22.9 Å². The molecule has 0 bridgehead atoms. The first-order valence-electron chi connectivity index (χ1n) is 12.1. The summed E-state index contributed by atoms with van der Waals surface area (Å²) in [6.07, 6.45) is 5.12. The standard InChI is InChI=1S/C23H31ClN4O6S2/c24-20-8-7-17(35-20)9-13-36(33,34)25-18-5-2-10-26(22(18)31)14-21(30)28-12-3-6-19(28)23(32)27-11-1-4-16(27)15-29/h7-9,13,16,18-19,25,29H,1-6,10-12,14-15H2/b13-9+. The van der Waals surface area contributed by atoms with Crippen LogP contribution in [0.15, 0.2) is 17.5 Å². The van der Waals surface area contributed by atoms with Crippen LogP contribution in [0.3, 0.4) is 0 Å². The normalized spacial score (nSPS) is 25.3. The highest BCUT2D eigenvalue weighted by atomic mass is 35.5. The predicted molar refractivity (Wildman–Crippen MR) is 137 cm³/mol. The van der Waals surface area contributed by atoms with Gasteiger partial charge in [0.2, 0.25) is 27.7 Å². The number of hydrogen-bond acceptors (Lipinski definition) is 7. The van der Waals surface area contributed by atoms with Gasteiger partial charge in [-0.3, -0.25) is 14.4 Å². The van der Waals surface area contributed by atoms with Crippen LogP contribution in [0.4, 0.5) is 0 Å². The average molecular weight is 559 g/mol. The summed E-state index contributed by atoms with van der Waals surface area (Å²) in [7, 11) is -3.89. The third-order valence-electron chi connectivity index (χ3n) is 6.90. The van der Waals surface area contributed by atoms with Crippen molar-refractivity contribution in [3.63, 3.8) is 0 Å². The lowest BCUT2D eigenvalue weighted by molar-refractivity contribution is -0.148. The van der Waals surface area contributed by atoms with Gasteiger partial charge >= 0.3 is 0 Å². The van der Waals surface area contributed by atoms with Crippen molar-refractivity contribution in [1.82, 2.24) is 19.4 Å². The molecule has 4 rings (SSSR count). The van der Waals surface area contributed by atoms with Gasteiger partial charge in [0.05, 0.1) is 23.5 Å². The maximum Gasteiger partial charge on any atom is 0.245 e. The molecule has 0 aliphatic carbocycles. The maximum absolute atomic E-state index is 13.1. The zero-order valence-electron chi connectivity index (χ0n) is 19.8. The third kappa shape index (κ3) is 6.28. The molecule has 0 radical (unpaired) electrons. The number of amides is 3. The molecule has 3 atom stereocenters. The number of aliphatic hydroxyl groups excluding tert-OH is 1. The first-order valence-corrected chi connectivity index (χ1v) is 14.9. The number of halogens is 1. The van der Waals surface area contributed by atoms with Crippen molar-refractivity contribution in [1.29, 1.82) is 0 Å². The molecule has 36 heavy (non-hydrogen) atoms. The van der Waals surface area contributed by atoms with E-state index in [9.17, 15) is 27.9 Å². The van der Waals surface area contributed by atoms with Gasteiger partial charge in [-0.25, -0.2) is 8.42 Å². The molecular weight excluding hydrogens is 528 g/mol. The van der Waals surface area contributed by atoms with Crippen molar-refractivity contribution in [3.8, 4) is 0 Å². The molecular formula is C23H31ClN4O6S2. The van der Waals surface area contributed by atoms with Crippen molar-refractivity contribution >= 4 is 56.8 Å². The van der Waals surface area contributed by atoms with Crippen LogP contribution in [-0.4, -0.2) is 96.9 Å². The topological polar surface area (TPSA) is 127 Å². The number of piperidine rings is 1. The van der Waals surface area contributed by atoms with Gasteiger partial charge in [-0.2, -0.15) is 4.72 Å². The van der Waals surface area contributed by atoms with Crippen molar-refractivity contribution in [2.24, 2.45) is 0 Å². The Morgan fingerprint density at radius 3 is 2.56 bits per heavy atom. The zero-order chi connectivity index (χ0) is 25.9. The smallest absolute Gasteiger partial charge is 0.245 e. The molecule has 3 unspecified atom stereocenters. The molecule has 0 spiro atoms. The van der Waals surface area contributed by atoms with Crippen LogP contribution in [-0.2, 0) is 24.4 Å². The molecule has 0 saturated carbocycles. The van der Waals surface area contributed by atoms with E-state index in [0.717, 1.165) is 18.2 Å². The van der Waals surface area contributed by atoms with Crippen molar-refractivity contribution in [3.05, 3.63) is 26.8 Å². The van der Waals surface area contributed by atoms with Gasteiger partial charge in [-0.15, -0.1) is 11.3 Å². The average Bonchev–Trinajstić information content (AvgIpc) is 3.60. The number of carbonyl (C=O) groups excluding carboxylic acids is 3. The summed E-state index contributed by atoms with van der Waals surface area (Å²) in [5, 5.41) is 10.6. The van der Waals surface area contributed by atoms with E-state index in [0.29, 0.717) is 54.5 Å². The maximum atomic E-state index is 13.1. The predicted octanol–water partition coefficient (Wildman–Crippen LogP) is 1.26. The molecule has 1 aromatic rings. The van der Waals surface area contributed by atoms with Crippen molar-refractivity contribution < 1.29 is 27.9 Å². The molecule has 198 valence electrons. The molecule has 3 aliphatic rings. The molecule has 3 aliphatic heterocycles. The minimum atomic E-state index is -3.89. The molecule has 3 amide bonds. The molecule has 10 nitrogen and oxygen atoms in total. The summed E-state index contributed by atoms with van der Waals surface area (Å²) < 4.78 is 28.0. The Morgan fingerprint density at radius 1 is 1.11 bits per heavy atom. The summed E-state index contributed by atoms with van der Waals surface area (Å²) in [5.74, 6) is -0.920. The number of hydrogen-bond donors (Lipinski definition) is 2. The second kappa shape index (κ2) is 11.6. The van der Waals surface area contributed by atoms with Gasteiger partial charge in [-0.1, -0.05) is 11.6 Å². The van der Waals surface area contributed by atoms with E-state index in [-0.39, 0.29) is 31.0 Å². The van der Waals surface area contributed by atoms with E-state index in [1.165, 1.54) is 27.2 Å². The van der Waals surface area contributed by atoms with Crippen LogP contribution in [0.25, 0.3) is 6.08 Å². The number of sulfonamides is 1. The highest BCUT2D eigenvalue weighted by molar-refractivity contribution is 7.92. The minimum absolute atomic E-state index is 0.0950. The Balaban J connectivity index is 1.36. The Kier molecular flexibility index (Phi) is 8.71. The number of thiophene rings is 1. The van der Waals surface area contributed by atoms with Gasteiger partial charge in [0.1, 0.15) is 12.1 Å². The lowest BCUT2D eigenvalue weighted by Crippen LogP contribution is -2.56. The molecule has 4 heterocycles. The Bertz CT molecular complexity index is 1120. The zero-order valence-corrected chi connectivity index (χ0v) is 22.2. The van der Waals surface area contributed by atoms with Gasteiger partial charge in [0.25, 0.3) is 0 Å². The van der Waals surface area contributed by atoms with Crippen LogP contribution in [0.5, 0.6) is 0 Å². The summed E-state index contributed by atoms with van der Waals surface area (Å²) in [6.45, 7) is 1.05. The van der Waals surface area contributed by atoms with E-state index >= 15 is 0 Å². The van der Waals surface area contributed by atoms with Crippen LogP contribution in [0.2, 0.25) is 4.34 Å². The largest absolute Gasteiger partial charge is 0.394 e. The Morgan fingerprint density at radius 2 is 1.83 bits per heavy atom. The lowest BCUT2D eigenvalue weighted by atomic mass is 10.1. The Labute approximate surface area is 219 Å². The fraction of sp³-hybridized carbons (Fsp3) is 0.609. The van der Waals surface area contributed by atoms with Crippen molar-refractivity contribution in [2.45, 2.75) is 56.7 Å². The Hall–Kier alpha value is -1.99. The molecule has 3 fully saturated rings. The number of likely N-dealkylation sites (tertiary alicyclic amines) is 3. The number of aliphatic hydroxyl groups is 1. The van der Waals surface area contributed by atoms with Gasteiger partial charge in [-0.05, 0) is 56.7 Å². The van der Waals surface area contributed by atoms with E-state index in [4.69, 9.17) is 11.6 Å². The summed E-state index contributed by atoms with van der Waals surface area (Å²) in [4.78, 5) is 44.5. The number of carbonyl (C=O) groups is 3. The quantitative estimate of drug-likeness (QED) is 0.494.